The largest absolute Gasteiger partial charge is 0.309 e. The molecule has 0 amide bonds. The van der Waals surface area contributed by atoms with Gasteiger partial charge in [-0.15, -0.1) is 0 Å². The number of aromatic nitrogens is 3. The molecule has 11 aromatic rings. The fraction of sp³-hybridized carbons (Fsp3) is 0. The molecule has 228 valence electrons. The van der Waals surface area contributed by atoms with Crippen LogP contribution in [-0.4, -0.2) is 13.7 Å². The molecule has 0 aliphatic carbocycles. The lowest BCUT2D eigenvalue weighted by atomic mass is 10.1. The molecule has 3 heteroatoms. The smallest absolute Gasteiger partial charge is 0.0562 e. The second-order valence-corrected chi connectivity index (χ2v) is 12.9. The van der Waals surface area contributed by atoms with Gasteiger partial charge in [0.25, 0.3) is 0 Å². The maximum absolute atomic E-state index is 2.49. The van der Waals surface area contributed by atoms with Gasteiger partial charge in [-0.2, -0.15) is 0 Å². The molecule has 3 heterocycles. The van der Waals surface area contributed by atoms with Crippen molar-refractivity contribution in [3.8, 4) is 17.1 Å². The van der Waals surface area contributed by atoms with Crippen LogP contribution in [0.25, 0.3) is 93.3 Å². The summed E-state index contributed by atoms with van der Waals surface area (Å²) in [6, 6.07) is 64.2. The minimum Gasteiger partial charge on any atom is -0.309 e. The summed E-state index contributed by atoms with van der Waals surface area (Å²) in [6.45, 7) is 0. The first-order valence-corrected chi connectivity index (χ1v) is 16.9. The van der Waals surface area contributed by atoms with Crippen LogP contribution in [-0.2, 0) is 0 Å². The Morgan fingerprint density at radius 2 is 0.551 bits per heavy atom. The van der Waals surface area contributed by atoms with Gasteiger partial charge < -0.3 is 13.7 Å². The van der Waals surface area contributed by atoms with E-state index in [1.165, 1.54) is 93.3 Å². The third-order valence-corrected chi connectivity index (χ3v) is 10.4. The molecule has 0 saturated carbocycles. The van der Waals surface area contributed by atoms with Gasteiger partial charge in [-0.05, 0) is 60.0 Å². The number of nitrogens with zero attached hydrogens (tertiary/aromatic N) is 3. The van der Waals surface area contributed by atoms with Crippen LogP contribution in [0.3, 0.4) is 0 Å². The van der Waals surface area contributed by atoms with E-state index < -0.39 is 0 Å². The molecule has 49 heavy (non-hydrogen) atoms. The molecule has 3 nitrogen and oxygen atoms in total. The fourth-order valence-electron chi connectivity index (χ4n) is 8.48. The van der Waals surface area contributed by atoms with Gasteiger partial charge in [0.2, 0.25) is 0 Å². The van der Waals surface area contributed by atoms with Crippen LogP contribution < -0.4 is 0 Å². The standard InChI is InChI=1S/C46H29N3/c1-2-16-31-30(14-1)15-11-25-36(31)47-39-23-9-5-19-34(39)45-41(47)26-12-28-43(45)49-40-24-10-6-20-35(40)46-42(27-13-29-44(46)49)48-37-21-7-3-17-32(37)33-18-4-8-22-38(33)48/h1-29H. The monoisotopic (exact) mass is 623 g/mol. The second kappa shape index (κ2) is 9.96. The summed E-state index contributed by atoms with van der Waals surface area (Å²) in [5.74, 6) is 0. The normalized spacial score (nSPS) is 12.1. The molecule has 0 spiro atoms. The molecule has 0 atom stereocenters. The van der Waals surface area contributed by atoms with Crippen molar-refractivity contribution in [2.45, 2.75) is 0 Å². The van der Waals surface area contributed by atoms with Crippen LogP contribution >= 0.6 is 0 Å². The van der Waals surface area contributed by atoms with Gasteiger partial charge in [0, 0.05) is 37.7 Å². The van der Waals surface area contributed by atoms with Gasteiger partial charge in [-0.1, -0.05) is 121 Å². The minimum absolute atomic E-state index is 1.18. The Bertz CT molecular complexity index is 3060. The summed E-state index contributed by atoms with van der Waals surface area (Å²) < 4.78 is 7.40. The molecule has 0 saturated heterocycles. The Labute approximate surface area is 282 Å². The second-order valence-electron chi connectivity index (χ2n) is 12.9. The van der Waals surface area contributed by atoms with Crippen LogP contribution in [0.4, 0.5) is 0 Å². The first-order chi connectivity index (χ1) is 24.4. The molecule has 0 N–H and O–H groups in total. The van der Waals surface area contributed by atoms with Gasteiger partial charge in [-0.3, -0.25) is 0 Å². The molecule has 0 aliphatic heterocycles. The first-order valence-electron chi connectivity index (χ1n) is 16.9. The predicted octanol–water partition coefficient (Wildman–Crippen LogP) is 12.1. The average Bonchev–Trinajstić information content (AvgIpc) is 3.81. The van der Waals surface area contributed by atoms with Crippen LogP contribution in [0.15, 0.2) is 176 Å². The van der Waals surface area contributed by atoms with E-state index in [2.05, 4.69) is 190 Å². The van der Waals surface area contributed by atoms with E-state index in [9.17, 15) is 0 Å². The maximum Gasteiger partial charge on any atom is 0.0562 e. The van der Waals surface area contributed by atoms with E-state index >= 15 is 0 Å². The number of benzene rings is 8. The van der Waals surface area contributed by atoms with Crippen LogP contribution in [0.5, 0.6) is 0 Å². The molecule has 0 bridgehead atoms. The highest BCUT2D eigenvalue weighted by atomic mass is 15.0. The van der Waals surface area contributed by atoms with Gasteiger partial charge in [0.1, 0.15) is 0 Å². The number of fused-ring (bicyclic) bond motifs is 10. The van der Waals surface area contributed by atoms with Crippen molar-refractivity contribution in [2.24, 2.45) is 0 Å². The Hall–Kier alpha value is -6.58. The first kappa shape index (κ1) is 26.5. The summed E-state index contributed by atoms with van der Waals surface area (Å²) >= 11 is 0. The summed E-state index contributed by atoms with van der Waals surface area (Å²) in [4.78, 5) is 0. The van der Waals surface area contributed by atoms with Crippen molar-refractivity contribution in [1.82, 2.24) is 13.7 Å². The molecule has 0 radical (unpaired) electrons. The average molecular weight is 624 g/mol. The third kappa shape index (κ3) is 3.56. The highest BCUT2D eigenvalue weighted by Gasteiger charge is 2.22. The van der Waals surface area contributed by atoms with Crippen molar-refractivity contribution < 1.29 is 0 Å². The molecule has 0 unspecified atom stereocenters. The van der Waals surface area contributed by atoms with Gasteiger partial charge >= 0.3 is 0 Å². The lowest BCUT2D eigenvalue weighted by Crippen LogP contribution is -1.98. The summed E-state index contributed by atoms with van der Waals surface area (Å²) in [5.41, 5.74) is 10.8. The summed E-state index contributed by atoms with van der Waals surface area (Å²) in [5, 5.41) is 9.99. The van der Waals surface area contributed by atoms with E-state index in [-0.39, 0.29) is 0 Å². The van der Waals surface area contributed by atoms with Crippen molar-refractivity contribution >= 4 is 76.2 Å². The molecular formula is C46H29N3. The van der Waals surface area contributed by atoms with Crippen LogP contribution in [0, 0.1) is 0 Å². The molecule has 3 aromatic heterocycles. The zero-order valence-corrected chi connectivity index (χ0v) is 26.6. The SMILES string of the molecule is c1ccc2c(-n3c4ccccc4c4c(-n5c6ccccc6c6c(-n7c8ccccc8c8ccccc87)cccc65)cccc43)cccc2c1. The Balaban J connectivity index is 1.28. The van der Waals surface area contributed by atoms with E-state index in [4.69, 9.17) is 0 Å². The van der Waals surface area contributed by atoms with Crippen molar-refractivity contribution in [3.63, 3.8) is 0 Å². The lowest BCUT2D eigenvalue weighted by Gasteiger charge is -2.13. The highest BCUT2D eigenvalue weighted by molar-refractivity contribution is 6.19. The zero-order chi connectivity index (χ0) is 32.1. The number of para-hydroxylation sites is 4. The van der Waals surface area contributed by atoms with Crippen LogP contribution in [0.2, 0.25) is 0 Å². The zero-order valence-electron chi connectivity index (χ0n) is 26.6. The van der Waals surface area contributed by atoms with E-state index in [0.29, 0.717) is 0 Å². The quantitative estimate of drug-likeness (QED) is 0.186. The number of rotatable bonds is 3. The van der Waals surface area contributed by atoms with E-state index in [0.717, 1.165) is 0 Å². The van der Waals surface area contributed by atoms with Crippen molar-refractivity contribution in [2.75, 3.05) is 0 Å². The summed E-state index contributed by atoms with van der Waals surface area (Å²) in [7, 11) is 0. The molecule has 0 aliphatic rings. The highest BCUT2D eigenvalue weighted by Crippen LogP contribution is 2.43. The van der Waals surface area contributed by atoms with Gasteiger partial charge in [-0.25, -0.2) is 0 Å². The summed E-state index contributed by atoms with van der Waals surface area (Å²) in [6.07, 6.45) is 0. The molecule has 8 aromatic carbocycles. The van der Waals surface area contributed by atoms with E-state index in [1.807, 2.05) is 0 Å². The van der Waals surface area contributed by atoms with Crippen LogP contribution in [0.1, 0.15) is 0 Å². The molecule has 0 fully saturated rings. The topological polar surface area (TPSA) is 14.8 Å². The predicted molar refractivity (Wildman–Crippen MR) is 207 cm³/mol. The Kier molecular flexibility index (Phi) is 5.38. The van der Waals surface area contributed by atoms with Crippen molar-refractivity contribution in [1.29, 1.82) is 0 Å². The lowest BCUT2D eigenvalue weighted by molar-refractivity contribution is 1.17. The fourth-order valence-corrected chi connectivity index (χ4v) is 8.48. The van der Waals surface area contributed by atoms with E-state index in [1.54, 1.807) is 0 Å². The van der Waals surface area contributed by atoms with Gasteiger partial charge in [0.15, 0.2) is 0 Å². The molecular weight excluding hydrogens is 595 g/mol. The van der Waals surface area contributed by atoms with Gasteiger partial charge in [0.05, 0.1) is 50.2 Å². The number of hydrogen-bond acceptors (Lipinski definition) is 0. The molecule has 11 rings (SSSR count). The third-order valence-electron chi connectivity index (χ3n) is 10.4. The maximum atomic E-state index is 2.49. The Morgan fingerprint density at radius 3 is 1.10 bits per heavy atom. The minimum atomic E-state index is 1.18. The van der Waals surface area contributed by atoms with Crippen molar-refractivity contribution in [3.05, 3.63) is 176 Å². The number of hydrogen-bond donors (Lipinski definition) is 0. The Morgan fingerprint density at radius 1 is 0.224 bits per heavy atom.